The Morgan fingerprint density at radius 2 is 1.95 bits per heavy atom. The van der Waals surface area contributed by atoms with E-state index in [0.29, 0.717) is 0 Å². The Hall–Kier alpha value is -1.00. The molecule has 0 spiro atoms. The SMILES string of the molecule is COCCNCc1ccc(Sc2ccccc2C)c(Cl)c1. The van der Waals surface area contributed by atoms with Gasteiger partial charge in [-0.25, -0.2) is 0 Å². The zero-order valence-electron chi connectivity index (χ0n) is 12.4. The van der Waals surface area contributed by atoms with Crippen molar-refractivity contribution in [3.63, 3.8) is 0 Å². The average Bonchev–Trinajstić information content (AvgIpc) is 2.48. The fourth-order valence-electron chi connectivity index (χ4n) is 1.93. The Bertz CT molecular complexity index is 589. The highest BCUT2D eigenvalue weighted by Gasteiger charge is 2.06. The van der Waals surface area contributed by atoms with E-state index in [0.717, 1.165) is 29.6 Å². The predicted octanol–water partition coefficient (Wildman–Crippen LogP) is 4.54. The summed E-state index contributed by atoms with van der Waals surface area (Å²) < 4.78 is 5.01. The van der Waals surface area contributed by atoms with Gasteiger partial charge < -0.3 is 10.1 Å². The van der Waals surface area contributed by atoms with Crippen LogP contribution in [0.2, 0.25) is 5.02 Å². The van der Waals surface area contributed by atoms with Crippen LogP contribution in [-0.2, 0) is 11.3 Å². The molecule has 0 aliphatic carbocycles. The van der Waals surface area contributed by atoms with E-state index in [1.54, 1.807) is 18.9 Å². The summed E-state index contributed by atoms with van der Waals surface area (Å²) in [5, 5.41) is 4.12. The van der Waals surface area contributed by atoms with Gasteiger partial charge in [0.15, 0.2) is 0 Å². The van der Waals surface area contributed by atoms with E-state index in [4.69, 9.17) is 16.3 Å². The van der Waals surface area contributed by atoms with Crippen LogP contribution in [0.4, 0.5) is 0 Å². The van der Waals surface area contributed by atoms with Crippen molar-refractivity contribution in [3.8, 4) is 0 Å². The summed E-state index contributed by atoms with van der Waals surface area (Å²) in [6, 6.07) is 14.6. The Morgan fingerprint density at radius 1 is 1.14 bits per heavy atom. The number of hydrogen-bond donors (Lipinski definition) is 1. The summed E-state index contributed by atoms with van der Waals surface area (Å²) in [5.74, 6) is 0. The third-order valence-electron chi connectivity index (χ3n) is 3.12. The van der Waals surface area contributed by atoms with Crippen LogP contribution in [0.25, 0.3) is 0 Å². The molecule has 0 amide bonds. The number of nitrogens with one attached hydrogen (secondary N) is 1. The maximum Gasteiger partial charge on any atom is 0.0587 e. The van der Waals surface area contributed by atoms with Crippen molar-refractivity contribution in [3.05, 3.63) is 58.6 Å². The highest BCUT2D eigenvalue weighted by atomic mass is 35.5. The van der Waals surface area contributed by atoms with Gasteiger partial charge >= 0.3 is 0 Å². The van der Waals surface area contributed by atoms with Gasteiger partial charge in [-0.2, -0.15) is 0 Å². The molecule has 1 N–H and O–H groups in total. The quantitative estimate of drug-likeness (QED) is 0.757. The molecule has 0 saturated heterocycles. The van der Waals surface area contributed by atoms with E-state index in [9.17, 15) is 0 Å². The molecule has 2 aromatic carbocycles. The molecule has 0 unspecified atom stereocenters. The number of hydrogen-bond acceptors (Lipinski definition) is 3. The molecule has 0 aromatic heterocycles. The standard InChI is InChI=1S/C17H20ClNOS/c1-13-5-3-4-6-16(13)21-17-8-7-14(11-15(17)18)12-19-9-10-20-2/h3-8,11,19H,9-10,12H2,1-2H3. The van der Waals surface area contributed by atoms with Crippen LogP contribution in [0, 0.1) is 6.92 Å². The van der Waals surface area contributed by atoms with Gasteiger partial charge in [0.25, 0.3) is 0 Å². The second kappa shape index (κ2) is 8.44. The van der Waals surface area contributed by atoms with Crippen molar-refractivity contribution in [1.82, 2.24) is 5.32 Å². The lowest BCUT2D eigenvalue weighted by atomic mass is 10.2. The zero-order valence-corrected chi connectivity index (χ0v) is 13.9. The number of ether oxygens (including phenoxy) is 1. The van der Waals surface area contributed by atoms with Crippen LogP contribution < -0.4 is 5.32 Å². The molecule has 0 aliphatic rings. The van der Waals surface area contributed by atoms with Gasteiger partial charge in [0.1, 0.15) is 0 Å². The Morgan fingerprint density at radius 3 is 2.67 bits per heavy atom. The monoisotopic (exact) mass is 321 g/mol. The average molecular weight is 322 g/mol. The third-order valence-corrected chi connectivity index (χ3v) is 4.80. The van der Waals surface area contributed by atoms with E-state index in [2.05, 4.69) is 48.6 Å². The van der Waals surface area contributed by atoms with Crippen molar-refractivity contribution >= 4 is 23.4 Å². The molecular formula is C17H20ClNOS. The summed E-state index contributed by atoms with van der Waals surface area (Å²) in [7, 11) is 1.70. The van der Waals surface area contributed by atoms with Crippen LogP contribution in [-0.4, -0.2) is 20.3 Å². The normalized spacial score (nSPS) is 10.8. The molecule has 2 aromatic rings. The van der Waals surface area contributed by atoms with Crippen molar-refractivity contribution in [2.45, 2.75) is 23.3 Å². The molecule has 2 rings (SSSR count). The van der Waals surface area contributed by atoms with Gasteiger partial charge in [0.05, 0.1) is 11.6 Å². The maximum atomic E-state index is 6.40. The topological polar surface area (TPSA) is 21.3 Å². The van der Waals surface area contributed by atoms with E-state index in [1.807, 2.05) is 6.07 Å². The minimum absolute atomic E-state index is 0.717. The van der Waals surface area contributed by atoms with Crippen molar-refractivity contribution in [2.75, 3.05) is 20.3 Å². The molecule has 21 heavy (non-hydrogen) atoms. The summed E-state index contributed by atoms with van der Waals surface area (Å²) in [6.07, 6.45) is 0. The van der Waals surface area contributed by atoms with Crippen LogP contribution >= 0.6 is 23.4 Å². The minimum atomic E-state index is 0.717. The van der Waals surface area contributed by atoms with Crippen molar-refractivity contribution < 1.29 is 4.74 Å². The van der Waals surface area contributed by atoms with Crippen LogP contribution in [0.5, 0.6) is 0 Å². The van der Waals surface area contributed by atoms with Gasteiger partial charge in [0, 0.05) is 30.0 Å². The van der Waals surface area contributed by atoms with E-state index in [-0.39, 0.29) is 0 Å². The van der Waals surface area contributed by atoms with Gasteiger partial charge in [-0.05, 0) is 36.2 Å². The molecule has 2 nitrogen and oxygen atoms in total. The Kier molecular flexibility index (Phi) is 6.58. The number of aryl methyl sites for hydroxylation is 1. The molecule has 0 radical (unpaired) electrons. The first kappa shape index (κ1) is 16.4. The largest absolute Gasteiger partial charge is 0.383 e. The van der Waals surface area contributed by atoms with E-state index in [1.165, 1.54) is 16.0 Å². The molecular weight excluding hydrogens is 302 g/mol. The first-order valence-corrected chi connectivity index (χ1v) is 8.11. The molecule has 112 valence electrons. The fraction of sp³-hybridized carbons (Fsp3) is 0.294. The molecule has 0 atom stereocenters. The Labute approximate surface area is 135 Å². The smallest absolute Gasteiger partial charge is 0.0587 e. The molecule has 0 saturated carbocycles. The zero-order chi connectivity index (χ0) is 15.1. The van der Waals surface area contributed by atoms with Gasteiger partial charge in [-0.15, -0.1) is 0 Å². The molecule has 4 heteroatoms. The van der Waals surface area contributed by atoms with Crippen LogP contribution in [0.15, 0.2) is 52.3 Å². The Balaban J connectivity index is 2.01. The van der Waals surface area contributed by atoms with Crippen molar-refractivity contribution in [2.24, 2.45) is 0 Å². The number of rotatable bonds is 7. The van der Waals surface area contributed by atoms with E-state index >= 15 is 0 Å². The molecule has 0 aliphatic heterocycles. The number of halogens is 1. The van der Waals surface area contributed by atoms with Gasteiger partial charge in [0.2, 0.25) is 0 Å². The lowest BCUT2D eigenvalue weighted by Crippen LogP contribution is -2.18. The predicted molar refractivity (Wildman–Crippen MR) is 90.3 cm³/mol. The van der Waals surface area contributed by atoms with Crippen LogP contribution in [0.1, 0.15) is 11.1 Å². The summed E-state index contributed by atoms with van der Waals surface area (Å²) in [4.78, 5) is 2.33. The number of benzene rings is 2. The minimum Gasteiger partial charge on any atom is -0.383 e. The fourth-order valence-corrected chi connectivity index (χ4v) is 3.16. The van der Waals surface area contributed by atoms with Gasteiger partial charge in [-0.1, -0.05) is 47.6 Å². The number of methoxy groups -OCH3 is 1. The third kappa shape index (κ3) is 5.04. The maximum absolute atomic E-state index is 6.40. The molecule has 0 heterocycles. The second-order valence-corrected chi connectivity index (χ2v) is 6.29. The summed E-state index contributed by atoms with van der Waals surface area (Å²) >= 11 is 8.11. The summed E-state index contributed by atoms with van der Waals surface area (Å²) in [6.45, 7) is 4.48. The van der Waals surface area contributed by atoms with Crippen LogP contribution in [0.3, 0.4) is 0 Å². The van der Waals surface area contributed by atoms with E-state index < -0.39 is 0 Å². The lowest BCUT2D eigenvalue weighted by molar-refractivity contribution is 0.199. The first-order chi connectivity index (χ1) is 10.2. The first-order valence-electron chi connectivity index (χ1n) is 6.92. The van der Waals surface area contributed by atoms with Crippen molar-refractivity contribution in [1.29, 1.82) is 0 Å². The lowest BCUT2D eigenvalue weighted by Gasteiger charge is -2.09. The molecule has 0 fully saturated rings. The highest BCUT2D eigenvalue weighted by Crippen LogP contribution is 2.35. The molecule has 0 bridgehead atoms. The highest BCUT2D eigenvalue weighted by molar-refractivity contribution is 7.99. The second-order valence-electron chi connectivity index (χ2n) is 4.80. The van der Waals surface area contributed by atoms with Gasteiger partial charge in [-0.3, -0.25) is 0 Å². The summed E-state index contributed by atoms with van der Waals surface area (Å²) in [5.41, 5.74) is 2.45.